The highest BCUT2D eigenvalue weighted by Gasteiger charge is 2.71. The van der Waals surface area contributed by atoms with Gasteiger partial charge in [0.15, 0.2) is 0 Å². The average Bonchev–Trinajstić information content (AvgIpc) is 2.57. The summed E-state index contributed by atoms with van der Waals surface area (Å²) in [6, 6.07) is 4.80. The summed E-state index contributed by atoms with van der Waals surface area (Å²) >= 11 is 0. The molecule has 0 aliphatic rings. The Hall–Kier alpha value is -2.62. The molecule has 164 valence electrons. The number of carbonyl (C=O) groups is 1. The van der Waals surface area contributed by atoms with Crippen molar-refractivity contribution in [3.8, 4) is 11.3 Å². The first-order chi connectivity index (χ1) is 13.5. The van der Waals surface area contributed by atoms with Crippen LogP contribution < -0.4 is 0 Å². The highest BCUT2D eigenvalue weighted by atomic mass is 19.4. The van der Waals surface area contributed by atoms with E-state index in [1.54, 1.807) is 13.0 Å². The molecule has 0 unspecified atom stereocenters. The molecule has 0 aliphatic carbocycles. The highest BCUT2D eigenvalue weighted by Crippen LogP contribution is 2.50. The van der Waals surface area contributed by atoms with Crippen LogP contribution in [0.25, 0.3) is 11.3 Å². The first-order valence-electron chi connectivity index (χ1n) is 8.63. The van der Waals surface area contributed by atoms with E-state index in [9.17, 15) is 36.2 Å². The number of aliphatic hydroxyl groups is 1. The van der Waals surface area contributed by atoms with E-state index in [0.717, 1.165) is 6.07 Å². The summed E-state index contributed by atoms with van der Waals surface area (Å²) < 4.78 is 85.3. The van der Waals surface area contributed by atoms with E-state index >= 15 is 0 Å². The van der Waals surface area contributed by atoms with Gasteiger partial charge < -0.3 is 9.84 Å². The van der Waals surface area contributed by atoms with Crippen molar-refractivity contribution in [2.45, 2.75) is 51.2 Å². The number of esters is 1. The normalized spacial score (nSPS) is 13.3. The van der Waals surface area contributed by atoms with Crippen LogP contribution in [0.4, 0.5) is 26.3 Å². The van der Waals surface area contributed by atoms with Gasteiger partial charge in [0.25, 0.3) is 5.60 Å². The minimum Gasteiger partial charge on any atom is -0.456 e. The maximum atomic E-state index is 13.4. The second kappa shape index (κ2) is 7.57. The van der Waals surface area contributed by atoms with Gasteiger partial charge in [-0.1, -0.05) is 6.07 Å². The van der Waals surface area contributed by atoms with E-state index in [1.807, 2.05) is 0 Å². The lowest BCUT2D eigenvalue weighted by molar-refractivity contribution is -0.376. The highest BCUT2D eigenvalue weighted by molar-refractivity contribution is 5.91. The number of halogens is 6. The second-order valence-corrected chi connectivity index (χ2v) is 7.73. The maximum Gasteiger partial charge on any atom is 0.430 e. The lowest BCUT2D eigenvalue weighted by Gasteiger charge is -2.33. The number of rotatable bonds is 3. The van der Waals surface area contributed by atoms with Crippen LogP contribution in [0, 0.1) is 6.92 Å². The van der Waals surface area contributed by atoms with Gasteiger partial charge in [-0.05, 0) is 57.5 Å². The van der Waals surface area contributed by atoms with Gasteiger partial charge >= 0.3 is 18.3 Å². The summed E-state index contributed by atoms with van der Waals surface area (Å²) in [5, 5.41) is 9.79. The molecular formula is C20H19F6NO3. The van der Waals surface area contributed by atoms with Gasteiger partial charge in [-0.2, -0.15) is 26.3 Å². The third kappa shape index (κ3) is 4.75. The summed E-state index contributed by atoms with van der Waals surface area (Å²) in [7, 11) is 0. The molecule has 0 radical (unpaired) electrons. The van der Waals surface area contributed by atoms with Crippen molar-refractivity contribution in [2.24, 2.45) is 0 Å². The zero-order valence-electron chi connectivity index (χ0n) is 16.4. The Morgan fingerprint density at radius 3 is 1.97 bits per heavy atom. The number of pyridine rings is 1. The Balaban J connectivity index is 2.79. The number of nitrogens with zero attached hydrogens (tertiary/aromatic N) is 1. The number of alkyl halides is 6. The van der Waals surface area contributed by atoms with Gasteiger partial charge in [-0.25, -0.2) is 4.79 Å². The number of benzene rings is 1. The van der Waals surface area contributed by atoms with Gasteiger partial charge in [0.1, 0.15) is 5.60 Å². The first kappa shape index (κ1) is 23.7. The quantitative estimate of drug-likeness (QED) is 0.524. The third-order valence-corrected chi connectivity index (χ3v) is 4.01. The van der Waals surface area contributed by atoms with E-state index in [4.69, 9.17) is 4.74 Å². The van der Waals surface area contributed by atoms with Crippen molar-refractivity contribution < 1.29 is 41.0 Å². The van der Waals surface area contributed by atoms with Crippen LogP contribution >= 0.6 is 0 Å². The topological polar surface area (TPSA) is 59.4 Å². The van der Waals surface area contributed by atoms with E-state index in [2.05, 4.69) is 4.98 Å². The molecule has 1 heterocycles. The fourth-order valence-electron chi connectivity index (χ4n) is 2.57. The second-order valence-electron chi connectivity index (χ2n) is 7.73. The van der Waals surface area contributed by atoms with Gasteiger partial charge in [-0.3, -0.25) is 4.98 Å². The number of ether oxygens (including phenoxy) is 1. The molecule has 0 fully saturated rings. The molecule has 0 bridgehead atoms. The average molecular weight is 435 g/mol. The van der Waals surface area contributed by atoms with Crippen molar-refractivity contribution in [2.75, 3.05) is 0 Å². The summed E-state index contributed by atoms with van der Waals surface area (Å²) in [5.74, 6) is -1.15. The van der Waals surface area contributed by atoms with Crippen molar-refractivity contribution in [3.63, 3.8) is 0 Å². The summed E-state index contributed by atoms with van der Waals surface area (Å²) in [6.45, 7) is 6.14. The summed E-state index contributed by atoms with van der Waals surface area (Å²) in [4.78, 5) is 16.4. The van der Waals surface area contributed by atoms with E-state index in [1.165, 1.54) is 33.0 Å². The number of aromatic nitrogens is 1. The van der Waals surface area contributed by atoms with Crippen LogP contribution in [0.1, 0.15) is 42.3 Å². The summed E-state index contributed by atoms with van der Waals surface area (Å²) in [5.41, 5.74) is -7.92. The Morgan fingerprint density at radius 2 is 1.53 bits per heavy atom. The van der Waals surface area contributed by atoms with Gasteiger partial charge in [0.2, 0.25) is 0 Å². The molecule has 0 spiro atoms. The number of carbonyl (C=O) groups excluding carboxylic acids is 1. The lowest BCUT2D eigenvalue weighted by atomic mass is 9.88. The molecule has 0 saturated heterocycles. The predicted molar refractivity (Wildman–Crippen MR) is 95.6 cm³/mol. The van der Waals surface area contributed by atoms with Crippen molar-refractivity contribution in [1.29, 1.82) is 0 Å². The Morgan fingerprint density at radius 1 is 0.967 bits per heavy atom. The van der Waals surface area contributed by atoms with Crippen molar-refractivity contribution in [3.05, 3.63) is 53.2 Å². The van der Waals surface area contributed by atoms with Crippen molar-refractivity contribution in [1.82, 2.24) is 4.98 Å². The fraction of sp³-hybridized carbons (Fsp3) is 0.400. The molecule has 10 heteroatoms. The van der Waals surface area contributed by atoms with Crippen LogP contribution in [-0.2, 0) is 10.3 Å². The molecule has 2 aromatic rings. The standard InChI is InChI=1S/C20H19F6NO3/c1-11-5-6-15(27-10-11)12-7-13(16(28)30-17(2,3)4)9-14(8-12)18(29,19(21,22)23)20(24,25)26/h5-10,29H,1-4H3. The van der Waals surface area contributed by atoms with E-state index in [-0.39, 0.29) is 11.3 Å². The first-order valence-corrected chi connectivity index (χ1v) is 8.63. The Kier molecular flexibility index (Phi) is 5.97. The number of aryl methyl sites for hydroxylation is 1. The molecule has 30 heavy (non-hydrogen) atoms. The lowest BCUT2D eigenvalue weighted by Crippen LogP contribution is -2.54. The van der Waals surface area contributed by atoms with E-state index < -0.39 is 40.7 Å². The van der Waals surface area contributed by atoms with Gasteiger partial charge in [-0.15, -0.1) is 0 Å². The minimum absolute atomic E-state index is 0.0129. The van der Waals surface area contributed by atoms with Crippen molar-refractivity contribution >= 4 is 5.97 Å². The molecule has 0 aliphatic heterocycles. The number of hydrogen-bond acceptors (Lipinski definition) is 4. The largest absolute Gasteiger partial charge is 0.456 e. The smallest absolute Gasteiger partial charge is 0.430 e. The van der Waals surface area contributed by atoms with Gasteiger partial charge in [0, 0.05) is 17.3 Å². The molecule has 0 amide bonds. The molecule has 1 N–H and O–H groups in total. The molecule has 0 atom stereocenters. The van der Waals surface area contributed by atoms with Gasteiger partial charge in [0.05, 0.1) is 11.3 Å². The van der Waals surface area contributed by atoms with Crippen LogP contribution in [0.2, 0.25) is 0 Å². The predicted octanol–water partition coefficient (Wildman–Crippen LogP) is 5.32. The van der Waals surface area contributed by atoms with Crippen LogP contribution in [-0.4, -0.2) is 34.0 Å². The van der Waals surface area contributed by atoms with E-state index in [0.29, 0.717) is 17.7 Å². The molecule has 1 aromatic heterocycles. The molecular weight excluding hydrogens is 416 g/mol. The minimum atomic E-state index is -6.10. The molecule has 4 nitrogen and oxygen atoms in total. The third-order valence-electron chi connectivity index (χ3n) is 4.01. The zero-order chi connectivity index (χ0) is 23.1. The zero-order valence-corrected chi connectivity index (χ0v) is 16.4. The van der Waals surface area contributed by atoms with Crippen LogP contribution in [0.15, 0.2) is 36.5 Å². The monoisotopic (exact) mass is 435 g/mol. The Labute approximate surface area is 168 Å². The van der Waals surface area contributed by atoms with Crippen LogP contribution in [0.5, 0.6) is 0 Å². The maximum absolute atomic E-state index is 13.4. The fourth-order valence-corrected chi connectivity index (χ4v) is 2.57. The molecule has 0 saturated carbocycles. The molecule has 2 rings (SSSR count). The molecule has 1 aromatic carbocycles. The number of hydrogen-bond donors (Lipinski definition) is 1. The summed E-state index contributed by atoms with van der Waals surface area (Å²) in [6.07, 6.45) is -10.8. The Bertz CT molecular complexity index is 914. The van der Waals surface area contributed by atoms with Crippen LogP contribution in [0.3, 0.4) is 0 Å². The SMILES string of the molecule is Cc1ccc(-c2cc(C(=O)OC(C)(C)C)cc(C(O)(C(F)(F)F)C(F)(F)F)c2)nc1.